The molecule has 0 bridgehead atoms. The predicted molar refractivity (Wildman–Crippen MR) is 56.5 cm³/mol. The molecule has 0 aromatic carbocycles. The van der Waals surface area contributed by atoms with Crippen LogP contribution in [0.4, 0.5) is 0 Å². The van der Waals surface area contributed by atoms with Crippen LogP contribution in [-0.2, 0) is 11.3 Å². The van der Waals surface area contributed by atoms with Crippen molar-refractivity contribution in [2.24, 2.45) is 5.92 Å². The maximum Gasteiger partial charge on any atom is 0.133 e. The van der Waals surface area contributed by atoms with Gasteiger partial charge in [0.15, 0.2) is 0 Å². The van der Waals surface area contributed by atoms with E-state index in [2.05, 4.69) is 17.2 Å². The van der Waals surface area contributed by atoms with Crippen molar-refractivity contribution in [1.29, 1.82) is 0 Å². The molecular formula is C11H17N3O. The Morgan fingerprint density at radius 3 is 3.07 bits per heavy atom. The van der Waals surface area contributed by atoms with Crippen molar-refractivity contribution in [3.8, 4) is 0 Å². The molecule has 0 N–H and O–H groups in total. The summed E-state index contributed by atoms with van der Waals surface area (Å²) < 4.78 is 1.82. The average Bonchev–Trinajstić information content (AvgIpc) is 2.70. The van der Waals surface area contributed by atoms with Crippen LogP contribution in [0.2, 0.25) is 0 Å². The van der Waals surface area contributed by atoms with E-state index >= 15 is 0 Å². The van der Waals surface area contributed by atoms with Gasteiger partial charge in [0.05, 0.1) is 5.69 Å². The molecule has 4 nitrogen and oxygen atoms in total. The topological polar surface area (TPSA) is 47.8 Å². The summed E-state index contributed by atoms with van der Waals surface area (Å²) in [6, 6.07) is 0. The van der Waals surface area contributed by atoms with Crippen LogP contribution in [0.5, 0.6) is 0 Å². The number of Topliss-reactive ketones (excluding diaryl/α,β-unsaturated/α-hetero) is 1. The molecule has 1 saturated carbocycles. The lowest BCUT2D eigenvalue weighted by Gasteiger charge is -2.25. The highest BCUT2D eigenvalue weighted by molar-refractivity contribution is 5.80. The molecule has 0 saturated heterocycles. The van der Waals surface area contributed by atoms with Gasteiger partial charge in [0, 0.05) is 31.5 Å². The molecule has 0 spiro atoms. The Kier molecular flexibility index (Phi) is 2.84. The molecular weight excluding hydrogens is 190 g/mol. The fourth-order valence-electron chi connectivity index (χ4n) is 2.17. The molecule has 0 radical (unpaired) electrons. The van der Waals surface area contributed by atoms with Gasteiger partial charge in [0.1, 0.15) is 5.78 Å². The molecule has 2 rings (SSSR count). The van der Waals surface area contributed by atoms with Gasteiger partial charge in [-0.25, -0.2) is 0 Å². The van der Waals surface area contributed by atoms with Gasteiger partial charge in [-0.15, -0.1) is 5.10 Å². The highest BCUT2D eigenvalue weighted by Gasteiger charge is 2.29. The first-order valence-corrected chi connectivity index (χ1v) is 5.62. The number of aryl methyl sites for hydroxylation is 1. The summed E-state index contributed by atoms with van der Waals surface area (Å²) in [6.07, 6.45) is 4.34. The van der Waals surface area contributed by atoms with E-state index in [-0.39, 0.29) is 5.92 Å². The van der Waals surface area contributed by atoms with E-state index in [4.69, 9.17) is 0 Å². The molecule has 0 amide bonds. The zero-order valence-corrected chi connectivity index (χ0v) is 9.31. The molecule has 2 atom stereocenters. The van der Waals surface area contributed by atoms with Crippen LogP contribution in [0.15, 0.2) is 6.20 Å². The van der Waals surface area contributed by atoms with E-state index in [1.165, 1.54) is 0 Å². The lowest BCUT2D eigenvalue weighted by atomic mass is 9.78. The molecule has 1 aromatic heterocycles. The first-order valence-electron chi connectivity index (χ1n) is 5.62. The smallest absolute Gasteiger partial charge is 0.133 e. The molecule has 4 heteroatoms. The van der Waals surface area contributed by atoms with Gasteiger partial charge in [-0.05, 0) is 19.3 Å². The number of hydrogen-bond acceptors (Lipinski definition) is 3. The van der Waals surface area contributed by atoms with Crippen molar-refractivity contribution in [2.75, 3.05) is 0 Å². The Balaban J connectivity index is 2.17. The second-order valence-corrected chi connectivity index (χ2v) is 4.36. The molecule has 15 heavy (non-hydrogen) atoms. The normalized spacial score (nSPS) is 26.9. The summed E-state index contributed by atoms with van der Waals surface area (Å²) >= 11 is 0. The first kappa shape index (κ1) is 10.3. The summed E-state index contributed by atoms with van der Waals surface area (Å²) in [6.45, 7) is 5.07. The Hall–Kier alpha value is -1.19. The summed E-state index contributed by atoms with van der Waals surface area (Å²) in [5, 5.41) is 8.18. The molecule has 0 aliphatic heterocycles. The summed E-state index contributed by atoms with van der Waals surface area (Å²) in [7, 11) is 0. The van der Waals surface area contributed by atoms with Gasteiger partial charge in [0.25, 0.3) is 0 Å². The second kappa shape index (κ2) is 4.13. The van der Waals surface area contributed by atoms with Crippen molar-refractivity contribution in [1.82, 2.24) is 15.0 Å². The SMILES string of the molecule is CCn1cc(C2CC(=O)CCC2C)nn1. The van der Waals surface area contributed by atoms with Crippen molar-refractivity contribution in [3.05, 3.63) is 11.9 Å². The summed E-state index contributed by atoms with van der Waals surface area (Å²) in [4.78, 5) is 11.4. The quantitative estimate of drug-likeness (QED) is 0.742. The largest absolute Gasteiger partial charge is 0.300 e. The molecule has 82 valence electrons. The Morgan fingerprint density at radius 1 is 1.60 bits per heavy atom. The predicted octanol–water partition coefficient (Wildman–Crippen LogP) is 1.77. The minimum atomic E-state index is 0.284. The standard InChI is InChI=1S/C11H17N3O/c1-3-14-7-11(12-13-14)10-6-9(15)5-4-8(10)2/h7-8,10H,3-6H2,1-2H3. The Morgan fingerprint density at radius 2 is 2.40 bits per heavy atom. The van der Waals surface area contributed by atoms with Crippen molar-refractivity contribution < 1.29 is 4.79 Å². The lowest BCUT2D eigenvalue weighted by Crippen LogP contribution is -2.21. The van der Waals surface area contributed by atoms with E-state index in [9.17, 15) is 4.79 Å². The van der Waals surface area contributed by atoms with Gasteiger partial charge in [-0.3, -0.25) is 9.48 Å². The third-order valence-corrected chi connectivity index (χ3v) is 3.27. The van der Waals surface area contributed by atoms with Crippen LogP contribution in [0, 0.1) is 5.92 Å². The molecule has 1 fully saturated rings. The van der Waals surface area contributed by atoms with E-state index < -0.39 is 0 Å². The summed E-state index contributed by atoms with van der Waals surface area (Å²) in [5.41, 5.74) is 0.984. The monoisotopic (exact) mass is 207 g/mol. The third kappa shape index (κ3) is 2.08. The van der Waals surface area contributed by atoms with Crippen molar-refractivity contribution in [3.63, 3.8) is 0 Å². The van der Waals surface area contributed by atoms with Crippen LogP contribution in [-0.4, -0.2) is 20.8 Å². The average molecular weight is 207 g/mol. The number of rotatable bonds is 2. The highest BCUT2D eigenvalue weighted by atomic mass is 16.1. The Bertz CT molecular complexity index is 358. The number of ketones is 1. The zero-order chi connectivity index (χ0) is 10.8. The van der Waals surface area contributed by atoms with Crippen molar-refractivity contribution in [2.45, 2.75) is 45.6 Å². The number of carbonyl (C=O) groups excluding carboxylic acids is 1. The maximum absolute atomic E-state index is 11.4. The highest BCUT2D eigenvalue weighted by Crippen LogP contribution is 2.34. The maximum atomic E-state index is 11.4. The van der Waals surface area contributed by atoms with Crippen LogP contribution in [0.3, 0.4) is 0 Å². The van der Waals surface area contributed by atoms with Gasteiger partial charge < -0.3 is 0 Å². The van der Waals surface area contributed by atoms with E-state index in [1.807, 2.05) is 17.8 Å². The van der Waals surface area contributed by atoms with E-state index in [0.717, 1.165) is 25.1 Å². The molecule has 1 aliphatic carbocycles. The van der Waals surface area contributed by atoms with Gasteiger partial charge in [-0.2, -0.15) is 0 Å². The number of hydrogen-bond donors (Lipinski definition) is 0. The lowest BCUT2D eigenvalue weighted by molar-refractivity contribution is -0.121. The number of aromatic nitrogens is 3. The van der Waals surface area contributed by atoms with Crippen LogP contribution in [0.25, 0.3) is 0 Å². The van der Waals surface area contributed by atoms with Gasteiger partial charge in [0.2, 0.25) is 0 Å². The molecule has 1 aromatic rings. The van der Waals surface area contributed by atoms with Crippen LogP contribution in [0.1, 0.15) is 44.7 Å². The minimum absolute atomic E-state index is 0.284. The Labute approximate surface area is 89.7 Å². The molecule has 1 heterocycles. The van der Waals surface area contributed by atoms with Crippen molar-refractivity contribution >= 4 is 5.78 Å². The fraction of sp³-hybridized carbons (Fsp3) is 0.727. The fourth-order valence-corrected chi connectivity index (χ4v) is 2.17. The van der Waals surface area contributed by atoms with E-state index in [0.29, 0.717) is 18.1 Å². The second-order valence-electron chi connectivity index (χ2n) is 4.36. The minimum Gasteiger partial charge on any atom is -0.300 e. The van der Waals surface area contributed by atoms with Gasteiger partial charge >= 0.3 is 0 Å². The molecule has 1 aliphatic rings. The summed E-state index contributed by atoms with van der Waals surface area (Å²) in [5.74, 6) is 1.19. The number of nitrogens with zero attached hydrogens (tertiary/aromatic N) is 3. The van der Waals surface area contributed by atoms with Gasteiger partial charge in [-0.1, -0.05) is 12.1 Å². The van der Waals surface area contributed by atoms with Crippen LogP contribution >= 0.6 is 0 Å². The first-order chi connectivity index (χ1) is 7.20. The zero-order valence-electron chi connectivity index (χ0n) is 9.31. The van der Waals surface area contributed by atoms with E-state index in [1.54, 1.807) is 0 Å². The third-order valence-electron chi connectivity index (χ3n) is 3.27. The number of carbonyl (C=O) groups is 1. The van der Waals surface area contributed by atoms with Crippen LogP contribution < -0.4 is 0 Å². The molecule has 2 unspecified atom stereocenters.